The highest BCUT2D eigenvalue weighted by molar-refractivity contribution is 6.01. The first-order valence-electron chi connectivity index (χ1n) is 11.2. The number of pyridine rings is 1. The molecule has 0 unspecified atom stereocenters. The largest absolute Gasteiger partial charge is 0.494 e. The van der Waals surface area contributed by atoms with Crippen molar-refractivity contribution in [3.63, 3.8) is 0 Å². The molecule has 4 rings (SSSR count). The van der Waals surface area contributed by atoms with Crippen LogP contribution in [0.15, 0.2) is 35.0 Å². The van der Waals surface area contributed by atoms with Crippen LogP contribution in [-0.2, 0) is 11.4 Å². The van der Waals surface area contributed by atoms with Crippen molar-refractivity contribution in [2.75, 3.05) is 24.7 Å². The van der Waals surface area contributed by atoms with E-state index in [2.05, 4.69) is 25.8 Å². The lowest BCUT2D eigenvalue weighted by Crippen LogP contribution is -2.20. The van der Waals surface area contributed by atoms with Crippen LogP contribution < -0.4 is 20.7 Å². The highest BCUT2D eigenvalue weighted by Crippen LogP contribution is 2.37. The predicted octanol–water partition coefficient (Wildman–Crippen LogP) is 2.08. The van der Waals surface area contributed by atoms with Gasteiger partial charge in [-0.3, -0.25) is 9.59 Å². The van der Waals surface area contributed by atoms with Gasteiger partial charge in [-0.2, -0.15) is 4.98 Å². The Morgan fingerprint density at radius 3 is 2.88 bits per heavy atom. The van der Waals surface area contributed by atoms with Crippen LogP contribution in [0, 0.1) is 5.92 Å². The van der Waals surface area contributed by atoms with Crippen LogP contribution in [0.2, 0.25) is 0 Å². The fourth-order valence-electron chi connectivity index (χ4n) is 3.05. The van der Waals surface area contributed by atoms with Crippen LogP contribution in [0.1, 0.15) is 33.2 Å². The van der Waals surface area contributed by atoms with Crippen LogP contribution in [0.5, 0.6) is 5.75 Å². The maximum atomic E-state index is 12.7. The van der Waals surface area contributed by atoms with Crippen molar-refractivity contribution < 1.29 is 28.1 Å². The maximum absolute atomic E-state index is 12.7. The first-order valence-corrected chi connectivity index (χ1v) is 9.69. The predicted molar refractivity (Wildman–Crippen MR) is 114 cm³/mol. The molecule has 0 saturated heterocycles. The fourth-order valence-corrected chi connectivity index (χ4v) is 3.05. The Labute approximate surface area is 187 Å². The van der Waals surface area contributed by atoms with E-state index in [1.54, 1.807) is 18.2 Å². The Morgan fingerprint density at radius 1 is 1.34 bits per heavy atom. The zero-order chi connectivity index (χ0) is 25.2. The Hall–Kier alpha value is -3.99. The van der Waals surface area contributed by atoms with E-state index in [0.29, 0.717) is 17.0 Å². The number of benzene rings is 1. The van der Waals surface area contributed by atoms with Crippen LogP contribution in [-0.4, -0.2) is 46.1 Å². The summed E-state index contributed by atoms with van der Waals surface area (Å²) in [5, 5.41) is 20.7. The second-order valence-corrected chi connectivity index (χ2v) is 7.01. The molecule has 3 aromatic rings. The number of anilines is 3. The second-order valence-electron chi connectivity index (χ2n) is 7.01. The fraction of sp³-hybridized carbons (Fsp3) is 0.286. The van der Waals surface area contributed by atoms with Crippen molar-refractivity contribution >= 4 is 29.0 Å². The molecule has 11 nitrogen and oxygen atoms in total. The van der Waals surface area contributed by atoms with Crippen LogP contribution in [0.4, 0.5) is 17.2 Å². The molecular weight excluding hydrogens is 416 g/mol. The van der Waals surface area contributed by atoms with Gasteiger partial charge < -0.3 is 30.3 Å². The normalized spacial score (nSPS) is 14.6. The number of hydrogen-bond donors (Lipinski definition) is 4. The second kappa shape index (κ2) is 9.02. The monoisotopic (exact) mass is 441 g/mol. The molecule has 0 bridgehead atoms. The molecule has 0 spiro atoms. The molecule has 0 radical (unpaired) electrons. The summed E-state index contributed by atoms with van der Waals surface area (Å²) in [6.45, 7) is -3.14. The number of carbonyl (C=O) groups excluding carboxylic acids is 2. The maximum Gasteiger partial charge on any atom is 0.254 e. The summed E-state index contributed by atoms with van der Waals surface area (Å²) in [5.41, 5.74) is 0.923. The number of aliphatic hydroxyl groups excluding tert-OH is 1. The molecule has 1 aromatic carbocycles. The van der Waals surface area contributed by atoms with Gasteiger partial charge in [0.1, 0.15) is 12.4 Å². The smallest absolute Gasteiger partial charge is 0.254 e. The number of amides is 2. The topological polar surface area (TPSA) is 151 Å². The van der Waals surface area contributed by atoms with E-state index in [9.17, 15) is 14.7 Å². The van der Waals surface area contributed by atoms with Crippen molar-refractivity contribution in [2.24, 2.45) is 5.92 Å². The lowest BCUT2D eigenvalue weighted by atomic mass is 10.1. The van der Waals surface area contributed by atoms with Gasteiger partial charge >= 0.3 is 0 Å². The number of hydrogen-bond acceptors (Lipinski definition) is 9. The third-order valence-corrected chi connectivity index (χ3v) is 4.79. The van der Waals surface area contributed by atoms with Crippen LogP contribution >= 0.6 is 0 Å². The van der Waals surface area contributed by atoms with E-state index in [-0.39, 0.29) is 40.6 Å². The van der Waals surface area contributed by atoms with Gasteiger partial charge in [0.2, 0.25) is 11.7 Å². The molecule has 0 aliphatic heterocycles. The molecule has 32 heavy (non-hydrogen) atoms. The van der Waals surface area contributed by atoms with Gasteiger partial charge in [-0.25, -0.2) is 4.98 Å². The van der Waals surface area contributed by atoms with E-state index >= 15 is 0 Å². The van der Waals surface area contributed by atoms with E-state index in [1.165, 1.54) is 19.4 Å². The summed E-state index contributed by atoms with van der Waals surface area (Å²) < 4.78 is 32.5. The SMILES string of the molecule is [2H]C([2H])([2H])NC(=O)c1cnc(NC(=O)C2CC2)cc1Nc1cccc(-c2noc(CO)n2)c1OC. The molecule has 1 aliphatic rings. The van der Waals surface area contributed by atoms with E-state index in [1.807, 2.05) is 5.32 Å². The highest BCUT2D eigenvalue weighted by atomic mass is 16.5. The Balaban J connectivity index is 1.72. The lowest BCUT2D eigenvalue weighted by Gasteiger charge is -2.16. The number of aromatic nitrogens is 3. The molecule has 1 saturated carbocycles. The van der Waals surface area contributed by atoms with Crippen LogP contribution in [0.3, 0.4) is 0 Å². The molecule has 2 heterocycles. The van der Waals surface area contributed by atoms with Crippen molar-refractivity contribution in [1.82, 2.24) is 20.4 Å². The summed E-state index contributed by atoms with van der Waals surface area (Å²) in [7, 11) is 1.42. The van der Waals surface area contributed by atoms with E-state index < -0.39 is 19.5 Å². The number of rotatable bonds is 8. The van der Waals surface area contributed by atoms with Crippen molar-refractivity contribution in [2.45, 2.75) is 19.4 Å². The van der Waals surface area contributed by atoms with Gasteiger partial charge in [0.05, 0.1) is 29.6 Å². The van der Waals surface area contributed by atoms with Gasteiger partial charge in [0.25, 0.3) is 11.8 Å². The molecule has 1 fully saturated rings. The average Bonchev–Trinajstić information content (AvgIpc) is 3.55. The molecule has 4 N–H and O–H groups in total. The number of nitrogens with one attached hydrogen (secondary N) is 3. The zero-order valence-corrected chi connectivity index (χ0v) is 17.0. The number of para-hydroxylation sites is 1. The quantitative estimate of drug-likeness (QED) is 0.412. The Morgan fingerprint density at radius 2 is 2.19 bits per heavy atom. The Kier molecular flexibility index (Phi) is 4.98. The molecule has 2 aromatic heterocycles. The summed E-state index contributed by atoms with van der Waals surface area (Å²) in [6, 6.07) is 6.43. The lowest BCUT2D eigenvalue weighted by molar-refractivity contribution is -0.117. The van der Waals surface area contributed by atoms with Crippen molar-refractivity contribution in [3.05, 3.63) is 41.9 Å². The minimum absolute atomic E-state index is 0.0224. The molecule has 1 aliphatic carbocycles. The number of methoxy groups -OCH3 is 1. The standard InChI is InChI=1S/C21H22N6O5/c1-22-21(30)13-9-23-16(25-20(29)11-6-7-11)8-15(13)24-14-5-3-4-12(18(14)31-2)19-26-17(10-28)32-27-19/h3-5,8-9,11,28H,6-7,10H2,1-2H3,(H,22,30)(H2,23,24,25,29)/i1D3. The third kappa shape index (κ3) is 4.37. The van der Waals surface area contributed by atoms with E-state index in [0.717, 1.165) is 12.8 Å². The molecular formula is C21H22N6O5. The van der Waals surface area contributed by atoms with Gasteiger partial charge in [0, 0.05) is 29.3 Å². The van der Waals surface area contributed by atoms with Gasteiger partial charge in [-0.15, -0.1) is 0 Å². The first-order chi connectivity index (χ1) is 16.7. The van der Waals surface area contributed by atoms with E-state index in [4.69, 9.17) is 13.4 Å². The highest BCUT2D eigenvalue weighted by Gasteiger charge is 2.30. The zero-order valence-electron chi connectivity index (χ0n) is 20.0. The minimum Gasteiger partial charge on any atom is -0.494 e. The molecule has 2 amide bonds. The summed E-state index contributed by atoms with van der Waals surface area (Å²) in [4.78, 5) is 33.1. The van der Waals surface area contributed by atoms with Crippen LogP contribution in [0.25, 0.3) is 11.4 Å². The van der Waals surface area contributed by atoms with Gasteiger partial charge in [0.15, 0.2) is 5.75 Å². The summed E-state index contributed by atoms with van der Waals surface area (Å²) in [6.07, 6.45) is 2.77. The average molecular weight is 441 g/mol. The molecule has 0 atom stereocenters. The van der Waals surface area contributed by atoms with Gasteiger partial charge in [-0.05, 0) is 25.0 Å². The number of ether oxygens (including phenoxy) is 1. The summed E-state index contributed by atoms with van der Waals surface area (Å²) in [5.74, 6) is -0.463. The van der Waals surface area contributed by atoms with Gasteiger partial charge in [-0.1, -0.05) is 11.2 Å². The molecule has 166 valence electrons. The first kappa shape index (κ1) is 17.7. The third-order valence-electron chi connectivity index (χ3n) is 4.79. The Bertz CT molecular complexity index is 1260. The number of aliphatic hydroxyl groups is 1. The summed E-state index contributed by atoms with van der Waals surface area (Å²) >= 11 is 0. The number of nitrogens with zero attached hydrogens (tertiary/aromatic N) is 3. The molecule has 11 heteroatoms. The minimum atomic E-state index is -2.71. The number of carbonyl (C=O) groups is 2. The van der Waals surface area contributed by atoms with Crippen molar-refractivity contribution in [1.29, 1.82) is 0 Å². The van der Waals surface area contributed by atoms with Crippen molar-refractivity contribution in [3.8, 4) is 17.1 Å².